The number of H-pyrrole nitrogens is 1. The number of nitrogens with zero attached hydrogens (tertiary/aromatic N) is 1. The van der Waals surface area contributed by atoms with Crippen LogP contribution in [0.4, 0.5) is 0 Å². The molecule has 1 heterocycles. The Morgan fingerprint density at radius 1 is 1.38 bits per heavy atom. The molecule has 0 unspecified atom stereocenters. The first kappa shape index (κ1) is 16.2. The fourth-order valence-corrected chi connectivity index (χ4v) is 3.87. The monoisotopic (exact) mass is 372 g/mol. The normalized spacial score (nSPS) is 11.8. The van der Waals surface area contributed by atoms with Crippen molar-refractivity contribution in [1.82, 2.24) is 14.9 Å². The van der Waals surface area contributed by atoms with Gasteiger partial charge in [-0.3, -0.25) is 5.10 Å². The van der Waals surface area contributed by atoms with E-state index in [1.54, 1.807) is 19.2 Å². The molecule has 0 aliphatic carbocycles. The fourth-order valence-electron chi connectivity index (χ4n) is 1.91. The summed E-state index contributed by atoms with van der Waals surface area (Å²) in [6, 6.07) is 3.43. The maximum absolute atomic E-state index is 12.5. The average Bonchev–Trinajstić information content (AvgIpc) is 2.84. The second-order valence-electron chi connectivity index (χ2n) is 4.75. The fraction of sp³-hybridized carbons (Fsp3) is 0.308. The molecule has 114 valence electrons. The minimum absolute atomic E-state index is 0.189. The summed E-state index contributed by atoms with van der Waals surface area (Å²) < 4.78 is 28.3. The highest BCUT2D eigenvalue weighted by atomic mass is 79.9. The van der Waals surface area contributed by atoms with E-state index in [1.165, 1.54) is 0 Å². The highest BCUT2D eigenvalue weighted by molar-refractivity contribution is 9.10. The zero-order valence-corrected chi connectivity index (χ0v) is 14.2. The molecule has 2 aromatic rings. The lowest BCUT2D eigenvalue weighted by atomic mass is 10.1. The molecule has 1 aromatic carbocycles. The maximum Gasteiger partial charge on any atom is 0.241 e. The van der Waals surface area contributed by atoms with Crippen molar-refractivity contribution in [2.75, 3.05) is 0 Å². The van der Waals surface area contributed by atoms with E-state index >= 15 is 0 Å². The first-order chi connectivity index (χ1) is 9.85. The van der Waals surface area contributed by atoms with Gasteiger partial charge in [-0.2, -0.15) is 5.10 Å². The summed E-state index contributed by atoms with van der Waals surface area (Å²) in [6.45, 7) is 4.06. The molecule has 0 bridgehead atoms. The number of aromatic amines is 1. The largest absolute Gasteiger partial charge is 0.326 e. The second kappa shape index (κ2) is 6.27. The lowest BCUT2D eigenvalue weighted by Crippen LogP contribution is -2.24. The van der Waals surface area contributed by atoms with Gasteiger partial charge >= 0.3 is 0 Å². The lowest BCUT2D eigenvalue weighted by Gasteiger charge is -2.12. The van der Waals surface area contributed by atoms with Crippen molar-refractivity contribution in [3.63, 3.8) is 0 Å². The van der Waals surface area contributed by atoms with Crippen molar-refractivity contribution in [2.45, 2.75) is 31.8 Å². The quantitative estimate of drug-likeness (QED) is 0.743. The minimum Gasteiger partial charge on any atom is -0.326 e. The predicted octanol–water partition coefficient (Wildman–Crippen LogP) is 1.73. The van der Waals surface area contributed by atoms with E-state index < -0.39 is 10.0 Å². The van der Waals surface area contributed by atoms with E-state index in [9.17, 15) is 8.42 Å². The molecule has 0 fully saturated rings. The van der Waals surface area contributed by atoms with E-state index in [4.69, 9.17) is 5.73 Å². The van der Waals surface area contributed by atoms with Gasteiger partial charge in [-0.25, -0.2) is 13.1 Å². The molecular formula is C13H17BrN4O2S. The van der Waals surface area contributed by atoms with Gasteiger partial charge in [0.2, 0.25) is 10.0 Å². The highest BCUT2D eigenvalue weighted by Gasteiger charge is 2.19. The number of hydrogen-bond donors (Lipinski definition) is 3. The topological polar surface area (TPSA) is 101 Å². The van der Waals surface area contributed by atoms with Crippen LogP contribution in [0.25, 0.3) is 0 Å². The predicted molar refractivity (Wildman–Crippen MR) is 84.1 cm³/mol. The van der Waals surface area contributed by atoms with Gasteiger partial charge in [0.15, 0.2) is 0 Å². The van der Waals surface area contributed by atoms with E-state index in [0.717, 1.165) is 21.3 Å². The Labute approximate surface area is 132 Å². The van der Waals surface area contributed by atoms with Gasteiger partial charge in [0, 0.05) is 28.8 Å². The van der Waals surface area contributed by atoms with Crippen LogP contribution >= 0.6 is 15.9 Å². The van der Waals surface area contributed by atoms with Gasteiger partial charge in [0.05, 0.1) is 11.1 Å². The number of nitrogens with one attached hydrogen (secondary N) is 2. The minimum atomic E-state index is -3.62. The molecule has 21 heavy (non-hydrogen) atoms. The van der Waals surface area contributed by atoms with Crippen LogP contribution in [0.2, 0.25) is 0 Å². The Morgan fingerprint density at radius 2 is 2.10 bits per heavy atom. The number of halogens is 1. The molecule has 0 radical (unpaired) electrons. The zero-order chi connectivity index (χ0) is 15.6. The van der Waals surface area contributed by atoms with Gasteiger partial charge in [-0.15, -0.1) is 0 Å². The number of hydrogen-bond acceptors (Lipinski definition) is 4. The van der Waals surface area contributed by atoms with Gasteiger partial charge in [0.1, 0.15) is 0 Å². The van der Waals surface area contributed by atoms with E-state index in [2.05, 4.69) is 30.8 Å². The Morgan fingerprint density at radius 3 is 2.67 bits per heavy atom. The van der Waals surface area contributed by atoms with E-state index in [-0.39, 0.29) is 18.0 Å². The first-order valence-electron chi connectivity index (χ1n) is 6.32. The van der Waals surface area contributed by atoms with Crippen LogP contribution in [0.1, 0.15) is 22.4 Å². The average molecular weight is 373 g/mol. The molecule has 0 amide bonds. The third-order valence-electron chi connectivity index (χ3n) is 3.27. The maximum atomic E-state index is 12.5. The number of benzene rings is 1. The molecule has 2 rings (SSSR count). The van der Waals surface area contributed by atoms with Gasteiger partial charge in [-0.05, 0) is 37.1 Å². The van der Waals surface area contributed by atoms with Crippen LogP contribution in [-0.4, -0.2) is 18.6 Å². The number of aryl methyl sites for hydroxylation is 1. The summed E-state index contributed by atoms with van der Waals surface area (Å²) in [7, 11) is -3.62. The zero-order valence-electron chi connectivity index (χ0n) is 11.8. The third-order valence-corrected chi connectivity index (χ3v) is 5.62. The molecule has 6 nitrogen and oxygen atoms in total. The summed E-state index contributed by atoms with van der Waals surface area (Å²) in [5.41, 5.74) is 8.67. The number of aromatic nitrogens is 2. The van der Waals surface area contributed by atoms with Crippen molar-refractivity contribution in [3.05, 3.63) is 45.2 Å². The molecule has 0 atom stereocenters. The molecule has 4 N–H and O–H groups in total. The number of nitrogens with two attached hydrogens (primary N) is 1. The number of rotatable bonds is 5. The smallest absolute Gasteiger partial charge is 0.241 e. The van der Waals surface area contributed by atoms with Crippen LogP contribution in [-0.2, 0) is 23.1 Å². The summed E-state index contributed by atoms with van der Waals surface area (Å²) in [6.07, 6.45) is 1.61. The van der Waals surface area contributed by atoms with Crippen LogP contribution < -0.4 is 10.5 Å². The van der Waals surface area contributed by atoms with Gasteiger partial charge < -0.3 is 5.73 Å². The van der Waals surface area contributed by atoms with Crippen molar-refractivity contribution < 1.29 is 8.42 Å². The summed E-state index contributed by atoms with van der Waals surface area (Å²) >= 11 is 3.37. The molecule has 0 aliphatic heterocycles. The molecule has 8 heteroatoms. The number of sulfonamides is 1. The van der Waals surface area contributed by atoms with Crippen LogP contribution in [0.5, 0.6) is 0 Å². The molecule has 1 aromatic heterocycles. The molecule has 0 saturated carbocycles. The van der Waals surface area contributed by atoms with Crippen molar-refractivity contribution in [2.24, 2.45) is 5.73 Å². The molecule has 0 spiro atoms. The molecule has 0 saturated heterocycles. The first-order valence-corrected chi connectivity index (χ1v) is 8.60. The lowest BCUT2D eigenvalue weighted by molar-refractivity contribution is 0.580. The third kappa shape index (κ3) is 3.52. The second-order valence-corrected chi connectivity index (χ2v) is 7.34. The summed E-state index contributed by atoms with van der Waals surface area (Å²) in [5.74, 6) is 0. The SMILES string of the molecule is Cc1[nH]ncc1CNS(=O)(=O)c1cc(CN)cc(Br)c1C. The van der Waals surface area contributed by atoms with Crippen molar-refractivity contribution in [3.8, 4) is 0 Å². The highest BCUT2D eigenvalue weighted by Crippen LogP contribution is 2.25. The van der Waals surface area contributed by atoms with Crippen LogP contribution in [0.3, 0.4) is 0 Å². The Kier molecular flexibility index (Phi) is 4.82. The van der Waals surface area contributed by atoms with Crippen LogP contribution in [0.15, 0.2) is 27.7 Å². The van der Waals surface area contributed by atoms with Crippen LogP contribution in [0, 0.1) is 13.8 Å². The Balaban J connectivity index is 2.31. The molecular weight excluding hydrogens is 356 g/mol. The standard InChI is InChI=1S/C13H17BrN4O2S/c1-8-12(14)3-10(5-15)4-13(8)21(19,20)17-7-11-6-16-18-9(11)2/h3-4,6,17H,5,7,15H2,1-2H3,(H,16,18). The summed E-state index contributed by atoms with van der Waals surface area (Å²) in [5, 5.41) is 6.64. The van der Waals surface area contributed by atoms with Crippen molar-refractivity contribution in [1.29, 1.82) is 0 Å². The van der Waals surface area contributed by atoms with Gasteiger partial charge in [0.25, 0.3) is 0 Å². The Hall–Kier alpha value is -1.22. The van der Waals surface area contributed by atoms with E-state index in [1.807, 2.05) is 13.0 Å². The molecule has 0 aliphatic rings. The van der Waals surface area contributed by atoms with Gasteiger partial charge in [-0.1, -0.05) is 15.9 Å². The summed E-state index contributed by atoms with van der Waals surface area (Å²) in [4.78, 5) is 0.235. The Bertz CT molecular complexity index is 756. The van der Waals surface area contributed by atoms with E-state index in [0.29, 0.717) is 5.56 Å². The van der Waals surface area contributed by atoms with Crippen molar-refractivity contribution >= 4 is 26.0 Å².